The lowest BCUT2D eigenvalue weighted by Gasteiger charge is -2.49. The minimum atomic E-state index is -0.427. The van der Waals surface area contributed by atoms with Gasteiger partial charge in [-0.15, -0.1) is 0 Å². The summed E-state index contributed by atoms with van der Waals surface area (Å²) in [6, 6.07) is 0. The van der Waals surface area contributed by atoms with Crippen LogP contribution in [0.15, 0.2) is 0 Å². The maximum absolute atomic E-state index is 9.60. The summed E-state index contributed by atoms with van der Waals surface area (Å²) in [4.78, 5) is 2.36. The van der Waals surface area contributed by atoms with E-state index in [1.54, 1.807) is 0 Å². The molecule has 1 saturated carbocycles. The van der Waals surface area contributed by atoms with E-state index in [0.29, 0.717) is 5.92 Å². The number of aliphatic hydroxyl groups is 1. The number of aliphatic hydroxyl groups excluding tert-OH is 1. The van der Waals surface area contributed by atoms with Crippen LogP contribution in [0.25, 0.3) is 0 Å². The van der Waals surface area contributed by atoms with E-state index in [4.69, 9.17) is 10.5 Å². The van der Waals surface area contributed by atoms with E-state index in [0.717, 1.165) is 32.5 Å². The quantitative estimate of drug-likeness (QED) is 0.787. The predicted molar refractivity (Wildman–Crippen MR) is 72.4 cm³/mol. The van der Waals surface area contributed by atoms with Crippen molar-refractivity contribution in [2.24, 2.45) is 11.7 Å². The van der Waals surface area contributed by atoms with Crippen LogP contribution in [0.2, 0.25) is 0 Å². The lowest BCUT2D eigenvalue weighted by molar-refractivity contribution is -0.183. The molecule has 4 heteroatoms. The molecular formula is C14H28N2O2. The molecule has 3 N–H and O–H groups in total. The molecule has 106 valence electrons. The van der Waals surface area contributed by atoms with Gasteiger partial charge in [-0.1, -0.05) is 0 Å². The predicted octanol–water partition coefficient (Wildman–Crippen LogP) is 0.976. The van der Waals surface area contributed by atoms with Crippen molar-refractivity contribution >= 4 is 0 Å². The molecule has 2 fully saturated rings. The first-order valence-electron chi connectivity index (χ1n) is 6.98. The summed E-state index contributed by atoms with van der Waals surface area (Å²) in [6.45, 7) is 11.1. The van der Waals surface area contributed by atoms with Gasteiger partial charge in [0.05, 0.1) is 23.3 Å². The van der Waals surface area contributed by atoms with Gasteiger partial charge < -0.3 is 15.6 Å². The zero-order chi connectivity index (χ0) is 13.6. The molecule has 0 aromatic rings. The van der Waals surface area contributed by atoms with E-state index in [2.05, 4.69) is 32.6 Å². The molecule has 4 nitrogen and oxygen atoms in total. The zero-order valence-electron chi connectivity index (χ0n) is 12.2. The topological polar surface area (TPSA) is 58.7 Å². The van der Waals surface area contributed by atoms with Gasteiger partial charge in [0.1, 0.15) is 0 Å². The Morgan fingerprint density at radius 1 is 1.22 bits per heavy atom. The number of hydrogen-bond acceptors (Lipinski definition) is 4. The summed E-state index contributed by atoms with van der Waals surface area (Å²) in [7, 11) is 0. The molecular weight excluding hydrogens is 228 g/mol. The van der Waals surface area contributed by atoms with Crippen LogP contribution in [0.5, 0.6) is 0 Å². The van der Waals surface area contributed by atoms with Crippen LogP contribution in [0.1, 0.15) is 40.5 Å². The van der Waals surface area contributed by atoms with Crippen molar-refractivity contribution < 1.29 is 9.84 Å². The molecule has 1 saturated heterocycles. The Kier molecular flexibility index (Phi) is 3.52. The number of nitrogens with zero attached hydrogens (tertiary/aromatic N) is 1. The average molecular weight is 256 g/mol. The molecule has 0 amide bonds. The standard InChI is InChI=1S/C14H28N2O2/c1-12(2)7-16(8-13(3,4)18-12)9-14(15,10-17)11-5-6-11/h11,17H,5-10,15H2,1-4H3. The maximum Gasteiger partial charge on any atom is 0.0760 e. The summed E-state index contributed by atoms with van der Waals surface area (Å²) in [5, 5.41) is 9.60. The number of rotatable bonds is 4. The van der Waals surface area contributed by atoms with Crippen molar-refractivity contribution in [3.05, 3.63) is 0 Å². The van der Waals surface area contributed by atoms with Crippen molar-refractivity contribution in [3.63, 3.8) is 0 Å². The Bertz CT molecular complexity index is 297. The van der Waals surface area contributed by atoms with E-state index in [9.17, 15) is 5.11 Å². The van der Waals surface area contributed by atoms with Crippen LogP contribution in [0.3, 0.4) is 0 Å². The molecule has 2 rings (SSSR count). The molecule has 1 aliphatic heterocycles. The Hall–Kier alpha value is -0.160. The molecule has 0 aromatic heterocycles. The Morgan fingerprint density at radius 3 is 2.11 bits per heavy atom. The molecule has 2 aliphatic rings. The summed E-state index contributed by atoms with van der Waals surface area (Å²) >= 11 is 0. The highest BCUT2D eigenvalue weighted by atomic mass is 16.5. The Labute approximate surface area is 110 Å². The fourth-order valence-corrected chi connectivity index (χ4v) is 3.44. The summed E-state index contributed by atoms with van der Waals surface area (Å²) < 4.78 is 6.07. The van der Waals surface area contributed by atoms with E-state index >= 15 is 0 Å². The van der Waals surface area contributed by atoms with Gasteiger partial charge in [0.2, 0.25) is 0 Å². The van der Waals surface area contributed by atoms with E-state index in [-0.39, 0.29) is 17.8 Å². The van der Waals surface area contributed by atoms with Crippen LogP contribution in [-0.4, -0.2) is 53.0 Å². The highest BCUT2D eigenvalue weighted by Crippen LogP contribution is 2.39. The molecule has 18 heavy (non-hydrogen) atoms. The van der Waals surface area contributed by atoms with Gasteiger partial charge in [-0.25, -0.2) is 0 Å². The molecule has 0 aromatic carbocycles. The van der Waals surface area contributed by atoms with Gasteiger partial charge >= 0.3 is 0 Å². The van der Waals surface area contributed by atoms with E-state index in [1.807, 2.05) is 0 Å². The molecule has 1 heterocycles. The molecule has 1 unspecified atom stereocenters. The van der Waals surface area contributed by atoms with Gasteiger partial charge in [-0.05, 0) is 46.5 Å². The van der Waals surface area contributed by atoms with Gasteiger partial charge in [0.15, 0.2) is 0 Å². The molecule has 0 bridgehead atoms. The first kappa shape index (κ1) is 14.3. The maximum atomic E-state index is 9.60. The second-order valence-electron chi connectivity index (χ2n) is 7.43. The largest absolute Gasteiger partial charge is 0.394 e. The lowest BCUT2D eigenvalue weighted by atomic mass is 9.91. The second-order valence-corrected chi connectivity index (χ2v) is 7.43. The fraction of sp³-hybridized carbons (Fsp3) is 1.00. The van der Waals surface area contributed by atoms with Crippen LogP contribution in [0.4, 0.5) is 0 Å². The SMILES string of the molecule is CC1(C)CN(CC(N)(CO)C2CC2)CC(C)(C)O1. The average Bonchev–Trinajstić information content (AvgIpc) is 2.94. The summed E-state index contributed by atoms with van der Waals surface area (Å²) in [6.07, 6.45) is 2.32. The first-order valence-corrected chi connectivity index (χ1v) is 6.98. The Morgan fingerprint density at radius 2 is 1.72 bits per heavy atom. The Balaban J connectivity index is 2.04. The molecule has 1 aliphatic carbocycles. The smallest absolute Gasteiger partial charge is 0.0760 e. The first-order chi connectivity index (χ1) is 8.16. The van der Waals surface area contributed by atoms with Crippen molar-refractivity contribution in [3.8, 4) is 0 Å². The third kappa shape index (κ3) is 3.23. The van der Waals surface area contributed by atoms with Crippen LogP contribution in [0, 0.1) is 5.92 Å². The van der Waals surface area contributed by atoms with Crippen molar-refractivity contribution in [2.45, 2.75) is 57.3 Å². The minimum Gasteiger partial charge on any atom is -0.394 e. The summed E-state index contributed by atoms with van der Waals surface area (Å²) in [5.41, 5.74) is 5.65. The van der Waals surface area contributed by atoms with Gasteiger partial charge in [-0.3, -0.25) is 4.90 Å². The number of ether oxygens (including phenoxy) is 1. The number of nitrogens with two attached hydrogens (primary N) is 1. The third-order valence-corrected chi connectivity index (χ3v) is 3.96. The highest BCUT2D eigenvalue weighted by Gasteiger charge is 2.46. The second kappa shape index (κ2) is 4.44. The van der Waals surface area contributed by atoms with Gasteiger partial charge in [0.25, 0.3) is 0 Å². The lowest BCUT2D eigenvalue weighted by Crippen LogP contribution is -2.63. The molecule has 0 spiro atoms. The third-order valence-electron chi connectivity index (χ3n) is 3.96. The summed E-state index contributed by atoms with van der Waals surface area (Å²) in [5.74, 6) is 0.497. The molecule has 1 atom stereocenters. The zero-order valence-corrected chi connectivity index (χ0v) is 12.2. The van der Waals surface area contributed by atoms with Gasteiger partial charge in [-0.2, -0.15) is 0 Å². The monoisotopic (exact) mass is 256 g/mol. The van der Waals surface area contributed by atoms with Crippen molar-refractivity contribution in [2.75, 3.05) is 26.2 Å². The van der Waals surface area contributed by atoms with Crippen LogP contribution in [-0.2, 0) is 4.74 Å². The fourth-order valence-electron chi connectivity index (χ4n) is 3.44. The van der Waals surface area contributed by atoms with E-state index in [1.165, 1.54) is 0 Å². The van der Waals surface area contributed by atoms with Crippen molar-refractivity contribution in [1.29, 1.82) is 0 Å². The van der Waals surface area contributed by atoms with Gasteiger partial charge in [0, 0.05) is 19.6 Å². The van der Waals surface area contributed by atoms with Crippen molar-refractivity contribution in [1.82, 2.24) is 4.90 Å². The number of hydrogen-bond donors (Lipinski definition) is 2. The molecule has 0 radical (unpaired) electrons. The van der Waals surface area contributed by atoms with Crippen LogP contribution < -0.4 is 5.73 Å². The van der Waals surface area contributed by atoms with Crippen LogP contribution >= 0.6 is 0 Å². The highest BCUT2D eigenvalue weighted by molar-refractivity contribution is 5.02. The normalized spacial score (nSPS) is 31.0. The minimum absolute atomic E-state index is 0.0792. The number of morpholine rings is 1. The van der Waals surface area contributed by atoms with E-state index < -0.39 is 5.54 Å².